The number of aliphatic hydroxyl groups excluding tert-OH is 2. The number of carbonyl (C=O) groups excluding carboxylic acids is 1. The Morgan fingerprint density at radius 3 is 2.33 bits per heavy atom. The van der Waals surface area contributed by atoms with Crippen molar-refractivity contribution in [3.63, 3.8) is 0 Å². The molecule has 0 fully saturated rings. The highest BCUT2D eigenvalue weighted by Gasteiger charge is 2.04. The SMILES string of the molecule is C[C@H](O)[C@@H](O)/C=C/C=O. The summed E-state index contributed by atoms with van der Waals surface area (Å²) in [6.45, 7) is 1.44. The average molecular weight is 130 g/mol. The van der Waals surface area contributed by atoms with Gasteiger partial charge in [-0.2, -0.15) is 0 Å². The molecule has 2 atom stereocenters. The van der Waals surface area contributed by atoms with Gasteiger partial charge in [0.15, 0.2) is 0 Å². The van der Waals surface area contributed by atoms with E-state index in [9.17, 15) is 4.79 Å². The number of rotatable bonds is 3. The second-order valence-corrected chi connectivity index (χ2v) is 1.75. The van der Waals surface area contributed by atoms with Gasteiger partial charge in [0.2, 0.25) is 0 Å². The van der Waals surface area contributed by atoms with Gasteiger partial charge in [-0.25, -0.2) is 0 Å². The van der Waals surface area contributed by atoms with Crippen molar-refractivity contribution < 1.29 is 15.0 Å². The predicted molar refractivity (Wildman–Crippen MR) is 32.9 cm³/mol. The van der Waals surface area contributed by atoms with Crippen LogP contribution >= 0.6 is 0 Å². The lowest BCUT2D eigenvalue weighted by atomic mass is 10.2. The van der Waals surface area contributed by atoms with E-state index in [2.05, 4.69) is 0 Å². The molecule has 0 saturated carbocycles. The minimum absolute atomic E-state index is 0.547. The molecule has 3 nitrogen and oxygen atoms in total. The average Bonchev–Trinajstić information content (AvgIpc) is 1.82. The first-order chi connectivity index (χ1) is 4.18. The predicted octanol–water partition coefficient (Wildman–Crippen LogP) is -0.517. The van der Waals surface area contributed by atoms with Gasteiger partial charge >= 0.3 is 0 Å². The van der Waals surface area contributed by atoms with Gasteiger partial charge in [0.1, 0.15) is 6.29 Å². The number of carbonyl (C=O) groups is 1. The van der Waals surface area contributed by atoms with Crippen LogP contribution in [0.4, 0.5) is 0 Å². The number of aliphatic hydroxyl groups is 2. The fourth-order valence-corrected chi connectivity index (χ4v) is 0.320. The summed E-state index contributed by atoms with van der Waals surface area (Å²) in [5.41, 5.74) is 0. The zero-order valence-corrected chi connectivity index (χ0v) is 5.19. The molecule has 2 N–H and O–H groups in total. The zero-order valence-electron chi connectivity index (χ0n) is 5.19. The van der Waals surface area contributed by atoms with E-state index in [1.165, 1.54) is 13.0 Å². The third-order valence-electron chi connectivity index (χ3n) is 0.881. The third kappa shape index (κ3) is 3.88. The van der Waals surface area contributed by atoms with E-state index in [-0.39, 0.29) is 0 Å². The maximum Gasteiger partial charge on any atom is 0.142 e. The summed E-state index contributed by atoms with van der Waals surface area (Å²) in [5.74, 6) is 0. The van der Waals surface area contributed by atoms with Crippen molar-refractivity contribution in [3.8, 4) is 0 Å². The van der Waals surface area contributed by atoms with Gasteiger partial charge in [0.25, 0.3) is 0 Å². The van der Waals surface area contributed by atoms with Crippen LogP contribution in [0.15, 0.2) is 12.2 Å². The Morgan fingerprint density at radius 1 is 1.44 bits per heavy atom. The van der Waals surface area contributed by atoms with Gasteiger partial charge in [-0.05, 0) is 13.0 Å². The molecule has 9 heavy (non-hydrogen) atoms. The van der Waals surface area contributed by atoms with Crippen LogP contribution in [0.25, 0.3) is 0 Å². The van der Waals surface area contributed by atoms with Crippen LogP contribution in [0.5, 0.6) is 0 Å². The van der Waals surface area contributed by atoms with Crippen molar-refractivity contribution in [2.75, 3.05) is 0 Å². The summed E-state index contributed by atoms with van der Waals surface area (Å²) in [6.07, 6.45) is 1.18. The Bertz CT molecular complexity index is 107. The zero-order chi connectivity index (χ0) is 7.28. The molecule has 0 rings (SSSR count). The molecule has 0 aromatic rings. The second-order valence-electron chi connectivity index (χ2n) is 1.75. The molecule has 0 amide bonds. The fourth-order valence-electron chi connectivity index (χ4n) is 0.320. The molecule has 0 heterocycles. The standard InChI is InChI=1S/C6H10O3/c1-5(8)6(9)3-2-4-7/h2-6,8-9H,1H3/b3-2+/t5-,6-/m0/s1. The van der Waals surface area contributed by atoms with Crippen molar-refractivity contribution in [1.82, 2.24) is 0 Å². The molecule has 0 aliphatic carbocycles. The van der Waals surface area contributed by atoms with Gasteiger partial charge in [0.05, 0.1) is 12.2 Å². The van der Waals surface area contributed by atoms with Gasteiger partial charge in [-0.1, -0.05) is 6.08 Å². The van der Waals surface area contributed by atoms with E-state index >= 15 is 0 Å². The first-order valence-electron chi connectivity index (χ1n) is 2.66. The summed E-state index contributed by atoms with van der Waals surface area (Å²) < 4.78 is 0. The number of hydrogen-bond acceptors (Lipinski definition) is 3. The van der Waals surface area contributed by atoms with Crippen molar-refractivity contribution >= 4 is 6.29 Å². The highest BCUT2D eigenvalue weighted by Crippen LogP contribution is 1.91. The van der Waals surface area contributed by atoms with Crippen molar-refractivity contribution in [3.05, 3.63) is 12.2 Å². The van der Waals surface area contributed by atoms with Gasteiger partial charge in [-0.15, -0.1) is 0 Å². The van der Waals surface area contributed by atoms with Gasteiger partial charge < -0.3 is 10.2 Å². The van der Waals surface area contributed by atoms with E-state index in [1.807, 2.05) is 0 Å². The molecule has 0 saturated heterocycles. The quantitative estimate of drug-likeness (QED) is 0.399. The Labute approximate surface area is 53.6 Å². The second kappa shape index (κ2) is 4.23. The number of hydrogen-bond donors (Lipinski definition) is 2. The molecule has 52 valence electrons. The van der Waals surface area contributed by atoms with E-state index in [0.29, 0.717) is 6.29 Å². The topological polar surface area (TPSA) is 57.5 Å². The normalized spacial score (nSPS) is 17.7. The summed E-state index contributed by atoms with van der Waals surface area (Å²) in [4.78, 5) is 9.65. The smallest absolute Gasteiger partial charge is 0.142 e. The van der Waals surface area contributed by atoms with Crippen LogP contribution in [0.2, 0.25) is 0 Å². The highest BCUT2D eigenvalue weighted by atomic mass is 16.3. The number of allylic oxidation sites excluding steroid dienone is 1. The minimum atomic E-state index is -0.935. The summed E-state index contributed by atoms with van der Waals surface area (Å²) in [6, 6.07) is 0. The molecule has 0 aliphatic heterocycles. The van der Waals surface area contributed by atoms with E-state index < -0.39 is 12.2 Å². The minimum Gasteiger partial charge on any atom is -0.390 e. The Hall–Kier alpha value is -0.670. The summed E-state index contributed by atoms with van der Waals surface area (Å²) >= 11 is 0. The van der Waals surface area contributed by atoms with Gasteiger partial charge in [-0.3, -0.25) is 4.79 Å². The van der Waals surface area contributed by atoms with Crippen LogP contribution in [-0.2, 0) is 4.79 Å². The Morgan fingerprint density at radius 2 is 2.00 bits per heavy atom. The molecule has 0 spiro atoms. The molecule has 0 aliphatic rings. The lowest BCUT2D eigenvalue weighted by molar-refractivity contribution is -0.104. The summed E-state index contributed by atoms with van der Waals surface area (Å²) in [7, 11) is 0. The van der Waals surface area contributed by atoms with Crippen LogP contribution in [0.1, 0.15) is 6.92 Å². The molecule has 0 aromatic heterocycles. The van der Waals surface area contributed by atoms with Gasteiger partial charge in [0, 0.05) is 0 Å². The molecule has 0 radical (unpaired) electrons. The lowest BCUT2D eigenvalue weighted by Gasteiger charge is -2.06. The van der Waals surface area contributed by atoms with Crippen LogP contribution in [0.3, 0.4) is 0 Å². The van der Waals surface area contributed by atoms with Crippen molar-refractivity contribution in [2.24, 2.45) is 0 Å². The first-order valence-corrected chi connectivity index (χ1v) is 2.66. The molecule has 0 bridgehead atoms. The summed E-state index contributed by atoms with van der Waals surface area (Å²) in [5, 5.41) is 17.4. The molecule has 3 heteroatoms. The van der Waals surface area contributed by atoms with Crippen molar-refractivity contribution in [2.45, 2.75) is 19.1 Å². The third-order valence-corrected chi connectivity index (χ3v) is 0.881. The number of aldehydes is 1. The van der Waals surface area contributed by atoms with Crippen LogP contribution < -0.4 is 0 Å². The van der Waals surface area contributed by atoms with Crippen LogP contribution in [0, 0.1) is 0 Å². The van der Waals surface area contributed by atoms with E-state index in [1.54, 1.807) is 0 Å². The maximum absolute atomic E-state index is 9.65. The van der Waals surface area contributed by atoms with E-state index in [0.717, 1.165) is 6.08 Å². The first kappa shape index (κ1) is 8.33. The monoisotopic (exact) mass is 130 g/mol. The molecule has 0 aromatic carbocycles. The molecular formula is C6H10O3. The largest absolute Gasteiger partial charge is 0.390 e. The van der Waals surface area contributed by atoms with E-state index in [4.69, 9.17) is 10.2 Å². The molecule has 0 unspecified atom stereocenters. The Kier molecular flexibility index (Phi) is 3.92. The highest BCUT2D eigenvalue weighted by molar-refractivity contribution is 5.64. The van der Waals surface area contributed by atoms with Crippen LogP contribution in [-0.4, -0.2) is 28.7 Å². The Balaban J connectivity index is 3.61. The lowest BCUT2D eigenvalue weighted by Crippen LogP contribution is -2.19. The van der Waals surface area contributed by atoms with Crippen molar-refractivity contribution in [1.29, 1.82) is 0 Å². The fraction of sp³-hybridized carbons (Fsp3) is 0.500. The molecular weight excluding hydrogens is 120 g/mol. The maximum atomic E-state index is 9.65.